The number of hydrogen-bond acceptors (Lipinski definition) is 2. The standard InChI is InChI=1S/C21H22ClFN2O2/c1-13(2)24-20(26)19-12-25(21(27)15-3-7-16(22)8-4-15)11-18(19)14-5-9-17(23)10-6-14/h3-10,13,18-19H,11-12H2,1-2H3,(H,24,26). The molecule has 1 saturated heterocycles. The highest BCUT2D eigenvalue weighted by molar-refractivity contribution is 6.30. The van der Waals surface area contributed by atoms with Crippen LogP contribution in [0.25, 0.3) is 0 Å². The van der Waals surface area contributed by atoms with Crippen LogP contribution in [-0.4, -0.2) is 35.8 Å². The Morgan fingerprint density at radius 3 is 2.30 bits per heavy atom. The maximum atomic E-state index is 13.3. The molecule has 0 spiro atoms. The Kier molecular flexibility index (Phi) is 5.80. The van der Waals surface area contributed by atoms with E-state index in [-0.39, 0.29) is 35.5 Å². The fraction of sp³-hybridized carbons (Fsp3) is 0.333. The summed E-state index contributed by atoms with van der Waals surface area (Å²) in [6.07, 6.45) is 0. The molecular formula is C21H22ClFN2O2. The number of amides is 2. The largest absolute Gasteiger partial charge is 0.354 e. The van der Waals surface area contributed by atoms with E-state index in [1.165, 1.54) is 12.1 Å². The number of likely N-dealkylation sites (tertiary alicyclic amines) is 1. The summed E-state index contributed by atoms with van der Waals surface area (Å²) in [5.74, 6) is -1.12. The molecule has 1 heterocycles. The van der Waals surface area contributed by atoms with Gasteiger partial charge in [0.2, 0.25) is 5.91 Å². The van der Waals surface area contributed by atoms with Gasteiger partial charge in [0.25, 0.3) is 5.91 Å². The summed E-state index contributed by atoms with van der Waals surface area (Å²) < 4.78 is 13.3. The first-order valence-corrected chi connectivity index (χ1v) is 9.33. The SMILES string of the molecule is CC(C)NC(=O)C1CN(C(=O)c2ccc(Cl)cc2)CC1c1ccc(F)cc1. The maximum Gasteiger partial charge on any atom is 0.253 e. The van der Waals surface area contributed by atoms with Crippen LogP contribution in [0, 0.1) is 11.7 Å². The van der Waals surface area contributed by atoms with Gasteiger partial charge in [-0.15, -0.1) is 0 Å². The Bertz CT molecular complexity index is 821. The fourth-order valence-electron chi connectivity index (χ4n) is 3.45. The monoisotopic (exact) mass is 388 g/mol. The van der Waals surface area contributed by atoms with E-state index in [4.69, 9.17) is 11.6 Å². The highest BCUT2D eigenvalue weighted by Gasteiger charge is 2.40. The van der Waals surface area contributed by atoms with Gasteiger partial charge in [-0.25, -0.2) is 4.39 Å². The van der Waals surface area contributed by atoms with Crippen LogP contribution in [0.1, 0.15) is 35.7 Å². The van der Waals surface area contributed by atoms with Gasteiger partial charge in [-0.2, -0.15) is 0 Å². The van der Waals surface area contributed by atoms with Gasteiger partial charge in [0.15, 0.2) is 0 Å². The molecule has 4 nitrogen and oxygen atoms in total. The van der Waals surface area contributed by atoms with Crippen molar-refractivity contribution >= 4 is 23.4 Å². The molecule has 2 aromatic carbocycles. The van der Waals surface area contributed by atoms with Crippen LogP contribution in [0.3, 0.4) is 0 Å². The molecule has 6 heteroatoms. The minimum absolute atomic E-state index is 0.00684. The van der Waals surface area contributed by atoms with Gasteiger partial charge in [0.1, 0.15) is 5.82 Å². The fourth-order valence-corrected chi connectivity index (χ4v) is 3.58. The molecule has 27 heavy (non-hydrogen) atoms. The molecule has 1 aliphatic heterocycles. The molecule has 1 fully saturated rings. The lowest BCUT2D eigenvalue weighted by Crippen LogP contribution is -2.39. The lowest BCUT2D eigenvalue weighted by atomic mass is 9.88. The number of nitrogens with one attached hydrogen (secondary N) is 1. The summed E-state index contributed by atoms with van der Waals surface area (Å²) in [6.45, 7) is 4.53. The molecule has 0 aromatic heterocycles. The zero-order chi connectivity index (χ0) is 19.6. The molecule has 2 atom stereocenters. The van der Waals surface area contributed by atoms with Gasteiger partial charge in [-0.1, -0.05) is 23.7 Å². The Morgan fingerprint density at radius 2 is 1.70 bits per heavy atom. The smallest absolute Gasteiger partial charge is 0.253 e. The van der Waals surface area contributed by atoms with Crippen LogP contribution in [0.4, 0.5) is 4.39 Å². The minimum Gasteiger partial charge on any atom is -0.354 e. The topological polar surface area (TPSA) is 49.4 Å². The van der Waals surface area contributed by atoms with Crippen molar-refractivity contribution in [1.29, 1.82) is 0 Å². The zero-order valence-electron chi connectivity index (χ0n) is 15.3. The van der Waals surface area contributed by atoms with Gasteiger partial charge in [0, 0.05) is 35.6 Å². The summed E-state index contributed by atoms with van der Waals surface area (Å²) in [4.78, 5) is 27.3. The lowest BCUT2D eigenvalue weighted by Gasteiger charge is -2.19. The second kappa shape index (κ2) is 8.09. The van der Waals surface area contributed by atoms with Crippen molar-refractivity contribution in [2.75, 3.05) is 13.1 Å². The van der Waals surface area contributed by atoms with Gasteiger partial charge < -0.3 is 10.2 Å². The van der Waals surface area contributed by atoms with Crippen molar-refractivity contribution in [1.82, 2.24) is 10.2 Å². The van der Waals surface area contributed by atoms with E-state index in [0.717, 1.165) is 5.56 Å². The number of nitrogens with zero attached hydrogens (tertiary/aromatic N) is 1. The third-order valence-electron chi connectivity index (χ3n) is 4.76. The van der Waals surface area contributed by atoms with Crippen molar-refractivity contribution in [3.8, 4) is 0 Å². The van der Waals surface area contributed by atoms with E-state index >= 15 is 0 Å². The van der Waals surface area contributed by atoms with Crippen molar-refractivity contribution in [2.45, 2.75) is 25.8 Å². The Morgan fingerprint density at radius 1 is 1.07 bits per heavy atom. The maximum absolute atomic E-state index is 13.3. The van der Waals surface area contributed by atoms with Crippen molar-refractivity contribution in [3.05, 3.63) is 70.5 Å². The van der Waals surface area contributed by atoms with Crippen molar-refractivity contribution < 1.29 is 14.0 Å². The molecule has 2 unspecified atom stereocenters. The number of benzene rings is 2. The first kappa shape index (κ1) is 19.4. The molecule has 142 valence electrons. The average molecular weight is 389 g/mol. The number of rotatable bonds is 4. The number of carbonyl (C=O) groups excluding carboxylic acids is 2. The molecule has 1 aliphatic rings. The molecule has 1 N–H and O–H groups in total. The molecule has 2 amide bonds. The zero-order valence-corrected chi connectivity index (χ0v) is 16.0. The van der Waals surface area contributed by atoms with Crippen LogP contribution >= 0.6 is 11.6 Å². The van der Waals surface area contributed by atoms with E-state index in [9.17, 15) is 14.0 Å². The third-order valence-corrected chi connectivity index (χ3v) is 5.02. The van der Waals surface area contributed by atoms with Gasteiger partial charge in [-0.05, 0) is 55.8 Å². The Balaban J connectivity index is 1.86. The van der Waals surface area contributed by atoms with E-state index in [1.54, 1.807) is 41.3 Å². The number of carbonyl (C=O) groups is 2. The van der Waals surface area contributed by atoms with E-state index < -0.39 is 0 Å². The number of halogens is 2. The van der Waals surface area contributed by atoms with E-state index in [0.29, 0.717) is 23.7 Å². The summed E-state index contributed by atoms with van der Waals surface area (Å²) in [5, 5.41) is 3.50. The van der Waals surface area contributed by atoms with E-state index in [1.807, 2.05) is 13.8 Å². The molecule has 0 saturated carbocycles. The predicted molar refractivity (Wildman–Crippen MR) is 103 cm³/mol. The second-order valence-electron chi connectivity index (χ2n) is 7.14. The highest BCUT2D eigenvalue weighted by atomic mass is 35.5. The summed E-state index contributed by atoms with van der Waals surface area (Å²) >= 11 is 5.90. The first-order valence-electron chi connectivity index (χ1n) is 8.96. The van der Waals surface area contributed by atoms with Crippen LogP contribution in [0.2, 0.25) is 5.02 Å². The van der Waals surface area contributed by atoms with Gasteiger partial charge >= 0.3 is 0 Å². The van der Waals surface area contributed by atoms with Gasteiger partial charge in [0.05, 0.1) is 5.92 Å². The lowest BCUT2D eigenvalue weighted by molar-refractivity contribution is -0.125. The Hall–Kier alpha value is -2.40. The van der Waals surface area contributed by atoms with Crippen molar-refractivity contribution in [2.24, 2.45) is 5.92 Å². The molecule has 2 aromatic rings. The van der Waals surface area contributed by atoms with Crippen LogP contribution in [0.15, 0.2) is 48.5 Å². The quantitative estimate of drug-likeness (QED) is 0.864. The van der Waals surface area contributed by atoms with Crippen LogP contribution in [0.5, 0.6) is 0 Å². The molecule has 0 radical (unpaired) electrons. The van der Waals surface area contributed by atoms with Crippen LogP contribution < -0.4 is 5.32 Å². The molecular weight excluding hydrogens is 367 g/mol. The minimum atomic E-state index is -0.380. The summed E-state index contributed by atoms with van der Waals surface area (Å²) in [7, 11) is 0. The van der Waals surface area contributed by atoms with Crippen molar-refractivity contribution in [3.63, 3.8) is 0 Å². The molecule has 3 rings (SSSR count). The second-order valence-corrected chi connectivity index (χ2v) is 7.58. The predicted octanol–water partition coefficient (Wildman–Crippen LogP) is 3.86. The number of hydrogen-bond donors (Lipinski definition) is 1. The van der Waals surface area contributed by atoms with Crippen LogP contribution in [-0.2, 0) is 4.79 Å². The Labute approximate surface area is 163 Å². The normalized spacial score (nSPS) is 19.4. The molecule has 0 bridgehead atoms. The summed E-state index contributed by atoms with van der Waals surface area (Å²) in [5.41, 5.74) is 1.38. The van der Waals surface area contributed by atoms with Gasteiger partial charge in [-0.3, -0.25) is 9.59 Å². The van der Waals surface area contributed by atoms with E-state index in [2.05, 4.69) is 5.32 Å². The average Bonchev–Trinajstić information content (AvgIpc) is 3.07. The highest BCUT2D eigenvalue weighted by Crippen LogP contribution is 2.34. The molecule has 0 aliphatic carbocycles. The summed E-state index contributed by atoms with van der Waals surface area (Å²) in [6, 6.07) is 12.9. The third kappa shape index (κ3) is 4.48. The first-order chi connectivity index (χ1) is 12.8.